The molecule has 1 aromatic rings. The van der Waals surface area contributed by atoms with Gasteiger partial charge in [0.15, 0.2) is 0 Å². The zero-order chi connectivity index (χ0) is 15.7. The fourth-order valence-corrected chi connectivity index (χ4v) is 2.59. The number of aryl methyl sites for hydroxylation is 2. The molecule has 0 bridgehead atoms. The number of aliphatic carboxylic acids is 1. The van der Waals surface area contributed by atoms with Crippen molar-refractivity contribution in [2.75, 3.05) is 0 Å². The number of benzene rings is 1. The fraction of sp³-hybridized carbons (Fsp3) is 0.611. The second-order valence-corrected chi connectivity index (χ2v) is 5.71. The summed E-state index contributed by atoms with van der Waals surface area (Å²) in [4.78, 5) is 10.9. The van der Waals surface area contributed by atoms with Crippen molar-refractivity contribution in [2.45, 2.75) is 71.6 Å². The number of carbonyl (C=O) groups is 1. The Balaban J connectivity index is 0. The van der Waals surface area contributed by atoms with Gasteiger partial charge in [0, 0.05) is 0 Å². The smallest absolute Gasteiger partial charge is 1.00 e. The third-order valence-electron chi connectivity index (χ3n) is 3.74. The molecule has 0 aliphatic heterocycles. The minimum absolute atomic E-state index is 0. The first kappa shape index (κ1) is 21.6. The van der Waals surface area contributed by atoms with Crippen LogP contribution in [0.2, 0.25) is 0 Å². The number of unbranched alkanes of at least 4 members (excludes halogenated alkanes) is 4. The van der Waals surface area contributed by atoms with E-state index in [2.05, 4.69) is 13.8 Å². The van der Waals surface area contributed by atoms with Crippen LogP contribution in [0.5, 0.6) is 0 Å². The van der Waals surface area contributed by atoms with E-state index in [4.69, 9.17) is 5.11 Å². The summed E-state index contributed by atoms with van der Waals surface area (Å²) in [6.45, 7) is 4.24. The molecule has 0 unspecified atom stereocenters. The van der Waals surface area contributed by atoms with Crippen LogP contribution in [0, 0.1) is 5.82 Å². The number of carboxylic acid groups (broad SMARTS) is 1. The van der Waals surface area contributed by atoms with Crippen LogP contribution in [0.3, 0.4) is 0 Å². The number of carboxylic acids is 1. The van der Waals surface area contributed by atoms with Crippen LogP contribution in [-0.2, 0) is 24.1 Å². The molecule has 120 valence electrons. The van der Waals surface area contributed by atoms with Crippen molar-refractivity contribution in [1.82, 2.24) is 0 Å². The van der Waals surface area contributed by atoms with Crippen LogP contribution in [0.4, 0.5) is 4.39 Å². The first-order valence-corrected chi connectivity index (χ1v) is 8.10. The molecule has 1 aromatic carbocycles. The van der Waals surface area contributed by atoms with Crippen molar-refractivity contribution in [3.63, 3.8) is 0 Å². The second kappa shape index (κ2) is 12.1. The van der Waals surface area contributed by atoms with E-state index in [1.54, 1.807) is 12.1 Å². The molecule has 0 aromatic heterocycles. The first-order valence-electron chi connectivity index (χ1n) is 8.10. The van der Waals surface area contributed by atoms with Crippen molar-refractivity contribution >= 4 is 5.97 Å². The topological polar surface area (TPSA) is 37.3 Å². The van der Waals surface area contributed by atoms with Gasteiger partial charge in [-0.25, -0.2) is 4.39 Å². The van der Waals surface area contributed by atoms with E-state index in [0.29, 0.717) is 24.0 Å². The maximum atomic E-state index is 14.5. The molecular formula is C18H28FNaO2. The van der Waals surface area contributed by atoms with Gasteiger partial charge in [-0.3, -0.25) is 4.79 Å². The Bertz CT molecular complexity index is 435. The third kappa shape index (κ3) is 7.75. The molecule has 0 aliphatic rings. The molecule has 0 radical (unpaired) electrons. The van der Waals surface area contributed by atoms with Gasteiger partial charge in [0.05, 0.1) is 6.42 Å². The standard InChI is InChI=1S/C18H27FO2.Na.H/c1-3-5-7-9-15-11-14(13-17(20)21)12-16(18(15)19)10-8-6-4-2;;/h11-12H,3-10,13H2,1-2H3,(H,20,21);;/q;+1;-1. The van der Waals surface area contributed by atoms with Crippen LogP contribution in [0.15, 0.2) is 12.1 Å². The van der Waals surface area contributed by atoms with Crippen molar-refractivity contribution < 1.29 is 45.3 Å². The molecule has 0 heterocycles. The summed E-state index contributed by atoms with van der Waals surface area (Å²) in [5.74, 6) is -0.975. The Hall–Kier alpha value is -0.380. The third-order valence-corrected chi connectivity index (χ3v) is 3.74. The molecule has 4 heteroatoms. The summed E-state index contributed by atoms with van der Waals surface area (Å²) in [6, 6.07) is 3.48. The molecule has 0 saturated heterocycles. The van der Waals surface area contributed by atoms with E-state index >= 15 is 0 Å². The average Bonchev–Trinajstić information content (AvgIpc) is 2.43. The van der Waals surface area contributed by atoms with Gasteiger partial charge in [-0.15, -0.1) is 0 Å². The Morgan fingerprint density at radius 2 is 1.50 bits per heavy atom. The van der Waals surface area contributed by atoms with Crippen LogP contribution >= 0.6 is 0 Å². The van der Waals surface area contributed by atoms with Crippen LogP contribution in [0.1, 0.15) is 70.5 Å². The number of rotatable bonds is 10. The number of halogens is 1. The molecule has 0 atom stereocenters. The molecule has 0 spiro atoms. The zero-order valence-electron chi connectivity index (χ0n) is 15.3. The van der Waals surface area contributed by atoms with Gasteiger partial charge in [0.2, 0.25) is 0 Å². The molecule has 22 heavy (non-hydrogen) atoms. The minimum atomic E-state index is -0.861. The summed E-state index contributed by atoms with van der Waals surface area (Å²) < 4.78 is 14.5. The normalized spacial score (nSPS) is 10.3. The van der Waals surface area contributed by atoms with E-state index in [0.717, 1.165) is 44.1 Å². The molecular weight excluding hydrogens is 290 g/mol. The van der Waals surface area contributed by atoms with Gasteiger partial charge in [0.25, 0.3) is 0 Å². The fourth-order valence-electron chi connectivity index (χ4n) is 2.59. The van der Waals surface area contributed by atoms with Gasteiger partial charge >= 0.3 is 35.5 Å². The van der Waals surface area contributed by atoms with E-state index in [-0.39, 0.29) is 43.2 Å². The largest absolute Gasteiger partial charge is 1.00 e. The van der Waals surface area contributed by atoms with Gasteiger partial charge in [-0.2, -0.15) is 0 Å². The molecule has 0 amide bonds. The van der Waals surface area contributed by atoms with Gasteiger partial charge < -0.3 is 6.53 Å². The summed E-state index contributed by atoms with van der Waals surface area (Å²) in [5.41, 5.74) is 2.10. The van der Waals surface area contributed by atoms with Crippen LogP contribution in [-0.4, -0.2) is 11.1 Å². The van der Waals surface area contributed by atoms with E-state index in [1.165, 1.54) is 0 Å². The monoisotopic (exact) mass is 318 g/mol. The average molecular weight is 318 g/mol. The SMILES string of the molecule is CCCCCc1cc(CC(=O)O)cc(CCCCC)c1F.[H-].[Na+]. The van der Waals surface area contributed by atoms with Crippen molar-refractivity contribution in [2.24, 2.45) is 0 Å². The summed E-state index contributed by atoms with van der Waals surface area (Å²) >= 11 is 0. The zero-order valence-corrected chi connectivity index (χ0v) is 16.3. The Morgan fingerprint density at radius 1 is 1.05 bits per heavy atom. The van der Waals surface area contributed by atoms with E-state index in [1.807, 2.05) is 0 Å². The first-order chi connectivity index (χ1) is 10.1. The maximum absolute atomic E-state index is 14.5. The maximum Gasteiger partial charge on any atom is 1.00 e. The Kier molecular flexibility index (Phi) is 11.9. The summed E-state index contributed by atoms with van der Waals surface area (Å²) in [6.07, 6.45) is 7.64. The molecule has 0 saturated carbocycles. The van der Waals surface area contributed by atoms with Crippen LogP contribution < -0.4 is 29.6 Å². The number of hydrogen-bond donors (Lipinski definition) is 1. The molecule has 0 fully saturated rings. The summed E-state index contributed by atoms with van der Waals surface area (Å²) in [5, 5.41) is 8.95. The molecule has 1 rings (SSSR count). The van der Waals surface area contributed by atoms with Crippen molar-refractivity contribution in [1.29, 1.82) is 0 Å². The number of hydrogen-bond acceptors (Lipinski definition) is 1. The van der Waals surface area contributed by atoms with Gasteiger partial charge in [-0.05, 0) is 42.4 Å². The van der Waals surface area contributed by atoms with Gasteiger partial charge in [0.1, 0.15) is 5.82 Å². The predicted molar refractivity (Wildman–Crippen MR) is 85.3 cm³/mol. The predicted octanol–water partition coefficient (Wildman–Crippen LogP) is 2.03. The van der Waals surface area contributed by atoms with E-state index < -0.39 is 5.97 Å². The molecule has 2 nitrogen and oxygen atoms in total. The minimum Gasteiger partial charge on any atom is -1.00 e. The Labute approximate surface area is 157 Å². The van der Waals surface area contributed by atoms with Crippen molar-refractivity contribution in [3.05, 3.63) is 34.6 Å². The summed E-state index contributed by atoms with van der Waals surface area (Å²) in [7, 11) is 0. The van der Waals surface area contributed by atoms with Crippen molar-refractivity contribution in [3.8, 4) is 0 Å². The Morgan fingerprint density at radius 3 is 1.86 bits per heavy atom. The second-order valence-electron chi connectivity index (χ2n) is 5.71. The molecule has 1 N–H and O–H groups in total. The molecule has 0 aliphatic carbocycles. The quantitative estimate of drug-likeness (QED) is 0.529. The van der Waals surface area contributed by atoms with Gasteiger partial charge in [-0.1, -0.05) is 51.7 Å². The van der Waals surface area contributed by atoms with E-state index in [9.17, 15) is 9.18 Å². The van der Waals surface area contributed by atoms with Crippen LogP contribution in [0.25, 0.3) is 0 Å².